The van der Waals surface area contributed by atoms with Crippen molar-refractivity contribution in [3.63, 3.8) is 0 Å². The Kier molecular flexibility index (Phi) is 7.12. The monoisotopic (exact) mass is 502 g/mol. The molecular formula is C26H19BrN2O4. The van der Waals surface area contributed by atoms with Gasteiger partial charge in [-0.1, -0.05) is 52.3 Å². The number of fused-ring (bicyclic) bond motifs is 1. The first kappa shape index (κ1) is 22.2. The Morgan fingerprint density at radius 3 is 2.33 bits per heavy atom. The molecule has 0 heterocycles. The Bertz CT molecular complexity index is 1300. The molecule has 0 spiro atoms. The average Bonchev–Trinajstić information content (AvgIpc) is 2.84. The Balaban J connectivity index is 1.29. The molecule has 1 amide bonds. The summed E-state index contributed by atoms with van der Waals surface area (Å²) in [5, 5.41) is 5.74. The van der Waals surface area contributed by atoms with Crippen LogP contribution in [-0.4, -0.2) is 24.7 Å². The highest BCUT2D eigenvalue weighted by atomic mass is 79.9. The molecule has 164 valence electrons. The molecule has 4 aromatic rings. The Hall–Kier alpha value is -3.97. The quantitative estimate of drug-likeness (QED) is 0.160. The predicted molar refractivity (Wildman–Crippen MR) is 131 cm³/mol. The molecule has 33 heavy (non-hydrogen) atoms. The summed E-state index contributed by atoms with van der Waals surface area (Å²) < 4.78 is 11.8. The predicted octanol–water partition coefficient (Wildman–Crippen LogP) is 5.35. The third-order valence-electron chi connectivity index (χ3n) is 4.69. The number of nitrogens with one attached hydrogen (secondary N) is 1. The van der Waals surface area contributed by atoms with E-state index in [-0.39, 0.29) is 12.5 Å². The van der Waals surface area contributed by atoms with E-state index in [4.69, 9.17) is 9.47 Å². The van der Waals surface area contributed by atoms with Crippen molar-refractivity contribution in [2.24, 2.45) is 5.10 Å². The zero-order valence-electron chi connectivity index (χ0n) is 17.4. The van der Waals surface area contributed by atoms with Crippen LogP contribution in [0.25, 0.3) is 10.8 Å². The fraction of sp³-hybridized carbons (Fsp3) is 0.0385. The van der Waals surface area contributed by atoms with Crippen LogP contribution in [0, 0.1) is 0 Å². The zero-order chi connectivity index (χ0) is 23.0. The number of carbonyl (C=O) groups is 2. The molecule has 0 aliphatic rings. The van der Waals surface area contributed by atoms with Crippen LogP contribution in [0.4, 0.5) is 0 Å². The Morgan fingerprint density at radius 1 is 0.848 bits per heavy atom. The number of benzene rings is 4. The van der Waals surface area contributed by atoms with Crippen molar-refractivity contribution in [3.8, 4) is 11.5 Å². The van der Waals surface area contributed by atoms with Gasteiger partial charge in [-0.15, -0.1) is 0 Å². The molecule has 4 rings (SSSR count). The molecule has 0 bridgehead atoms. The Labute approximate surface area is 199 Å². The van der Waals surface area contributed by atoms with E-state index in [2.05, 4.69) is 26.5 Å². The number of rotatable bonds is 7. The third-order valence-corrected chi connectivity index (χ3v) is 5.22. The minimum Gasteiger partial charge on any atom is -0.484 e. The van der Waals surface area contributed by atoms with Crippen LogP contribution in [0.1, 0.15) is 15.9 Å². The number of halogens is 1. The highest BCUT2D eigenvalue weighted by Crippen LogP contribution is 2.21. The molecule has 7 heteroatoms. The summed E-state index contributed by atoms with van der Waals surface area (Å²) in [5.41, 5.74) is 3.65. The molecule has 6 nitrogen and oxygen atoms in total. The van der Waals surface area contributed by atoms with Gasteiger partial charge in [0.2, 0.25) is 0 Å². The van der Waals surface area contributed by atoms with E-state index >= 15 is 0 Å². The largest absolute Gasteiger partial charge is 0.484 e. The van der Waals surface area contributed by atoms with Crippen LogP contribution in [0.3, 0.4) is 0 Å². The van der Waals surface area contributed by atoms with E-state index in [1.165, 1.54) is 6.21 Å². The number of hydrogen-bond donors (Lipinski definition) is 1. The van der Waals surface area contributed by atoms with Gasteiger partial charge in [0, 0.05) is 4.47 Å². The van der Waals surface area contributed by atoms with Crippen molar-refractivity contribution < 1.29 is 19.1 Å². The molecule has 0 saturated heterocycles. The summed E-state index contributed by atoms with van der Waals surface area (Å²) in [6.45, 7) is -0.151. The molecule has 0 fully saturated rings. The molecule has 1 N–H and O–H groups in total. The number of esters is 1. The lowest BCUT2D eigenvalue weighted by atomic mass is 10.0. The van der Waals surface area contributed by atoms with Crippen LogP contribution in [-0.2, 0) is 4.79 Å². The number of carbonyl (C=O) groups excluding carboxylic acids is 2. The first-order chi connectivity index (χ1) is 16.1. The van der Waals surface area contributed by atoms with Crippen LogP contribution in [0.5, 0.6) is 11.5 Å². The molecule has 0 unspecified atom stereocenters. The topological polar surface area (TPSA) is 77.0 Å². The van der Waals surface area contributed by atoms with Gasteiger partial charge >= 0.3 is 5.97 Å². The Morgan fingerprint density at radius 2 is 1.55 bits per heavy atom. The second-order valence-corrected chi connectivity index (χ2v) is 7.94. The highest BCUT2D eigenvalue weighted by Gasteiger charge is 2.12. The lowest BCUT2D eigenvalue weighted by Gasteiger charge is -2.07. The second kappa shape index (κ2) is 10.6. The first-order valence-electron chi connectivity index (χ1n) is 10.1. The molecule has 0 radical (unpaired) electrons. The van der Waals surface area contributed by atoms with Crippen LogP contribution in [0.2, 0.25) is 0 Å². The molecule has 0 atom stereocenters. The maximum absolute atomic E-state index is 12.6. The summed E-state index contributed by atoms with van der Waals surface area (Å²) in [4.78, 5) is 24.5. The normalized spacial score (nSPS) is 10.8. The fourth-order valence-electron chi connectivity index (χ4n) is 3.08. The lowest BCUT2D eigenvalue weighted by molar-refractivity contribution is -0.123. The third kappa shape index (κ3) is 6.05. The number of ether oxygens (including phenoxy) is 2. The molecular weight excluding hydrogens is 484 g/mol. The van der Waals surface area contributed by atoms with E-state index in [0.717, 1.165) is 20.8 Å². The van der Waals surface area contributed by atoms with E-state index in [1.54, 1.807) is 42.5 Å². The van der Waals surface area contributed by atoms with Gasteiger partial charge in [-0.25, -0.2) is 10.2 Å². The molecule has 0 aromatic heterocycles. The van der Waals surface area contributed by atoms with Gasteiger partial charge < -0.3 is 9.47 Å². The minimum atomic E-state index is -0.425. The standard InChI is InChI=1S/C26H19BrN2O4/c27-20-10-14-21(15-11-20)32-17-25(30)29-28-16-18-8-12-22(13-9-18)33-26(31)24-7-3-5-19-4-1-2-6-23(19)24/h1-16H,17H2,(H,29,30)/b28-16+. The van der Waals surface area contributed by atoms with E-state index < -0.39 is 5.97 Å². The number of amides is 1. The van der Waals surface area contributed by atoms with Crippen molar-refractivity contribution in [1.82, 2.24) is 5.43 Å². The summed E-state index contributed by atoms with van der Waals surface area (Å²) in [6, 6.07) is 27.2. The van der Waals surface area contributed by atoms with E-state index in [1.807, 2.05) is 48.5 Å². The van der Waals surface area contributed by atoms with Crippen molar-refractivity contribution in [1.29, 1.82) is 0 Å². The number of nitrogens with zero attached hydrogens (tertiary/aromatic N) is 1. The van der Waals surface area contributed by atoms with Gasteiger partial charge in [-0.2, -0.15) is 5.10 Å². The fourth-order valence-corrected chi connectivity index (χ4v) is 3.34. The van der Waals surface area contributed by atoms with Gasteiger partial charge in [0.25, 0.3) is 5.91 Å². The van der Waals surface area contributed by atoms with Gasteiger partial charge in [0.1, 0.15) is 11.5 Å². The maximum atomic E-state index is 12.6. The molecule has 0 aliphatic heterocycles. The van der Waals surface area contributed by atoms with Crippen molar-refractivity contribution >= 4 is 44.8 Å². The zero-order valence-corrected chi connectivity index (χ0v) is 19.0. The first-order valence-corrected chi connectivity index (χ1v) is 10.9. The summed E-state index contributed by atoms with van der Waals surface area (Å²) >= 11 is 3.34. The minimum absolute atomic E-state index is 0.151. The smallest absolute Gasteiger partial charge is 0.344 e. The molecule has 0 saturated carbocycles. The lowest BCUT2D eigenvalue weighted by Crippen LogP contribution is -2.24. The summed E-state index contributed by atoms with van der Waals surface area (Å²) in [7, 11) is 0. The van der Waals surface area contributed by atoms with Crippen LogP contribution in [0.15, 0.2) is 101 Å². The summed E-state index contributed by atoms with van der Waals surface area (Å²) in [5.74, 6) is 0.198. The van der Waals surface area contributed by atoms with Gasteiger partial charge in [0.05, 0.1) is 11.8 Å². The second-order valence-electron chi connectivity index (χ2n) is 7.02. The highest BCUT2D eigenvalue weighted by molar-refractivity contribution is 9.10. The molecule has 0 aliphatic carbocycles. The van der Waals surface area contributed by atoms with Gasteiger partial charge in [-0.05, 0) is 70.9 Å². The van der Waals surface area contributed by atoms with Crippen molar-refractivity contribution in [2.45, 2.75) is 0 Å². The molecule has 4 aromatic carbocycles. The maximum Gasteiger partial charge on any atom is 0.344 e. The van der Waals surface area contributed by atoms with Crippen LogP contribution >= 0.6 is 15.9 Å². The van der Waals surface area contributed by atoms with E-state index in [9.17, 15) is 9.59 Å². The van der Waals surface area contributed by atoms with Gasteiger partial charge in [-0.3, -0.25) is 4.79 Å². The summed E-state index contributed by atoms with van der Waals surface area (Å²) in [6.07, 6.45) is 1.49. The van der Waals surface area contributed by atoms with Crippen molar-refractivity contribution in [3.05, 3.63) is 107 Å². The number of hydrogen-bond acceptors (Lipinski definition) is 5. The number of hydrazone groups is 1. The van der Waals surface area contributed by atoms with Gasteiger partial charge in [0.15, 0.2) is 6.61 Å². The average molecular weight is 503 g/mol. The van der Waals surface area contributed by atoms with E-state index in [0.29, 0.717) is 17.1 Å². The van der Waals surface area contributed by atoms with Crippen LogP contribution < -0.4 is 14.9 Å². The SMILES string of the molecule is O=C(COc1ccc(Br)cc1)N/N=C/c1ccc(OC(=O)c2cccc3ccccc23)cc1. The van der Waals surface area contributed by atoms with Crippen molar-refractivity contribution in [2.75, 3.05) is 6.61 Å².